The summed E-state index contributed by atoms with van der Waals surface area (Å²) in [4.78, 5) is 67.4. The van der Waals surface area contributed by atoms with E-state index in [4.69, 9.17) is 0 Å². The Kier molecular flexibility index (Phi) is 14.3. The molecule has 1 fully saturated rings. The van der Waals surface area contributed by atoms with E-state index in [1.54, 1.807) is 6.20 Å². The van der Waals surface area contributed by atoms with E-state index < -0.39 is 58.7 Å². The Morgan fingerprint density at radius 3 is 2.39 bits per heavy atom. The van der Waals surface area contributed by atoms with Crippen molar-refractivity contribution in [3.8, 4) is 11.1 Å². The number of amides is 4. The SMILES string of the molecule is CC(C)(C)[C@H](c1cc(-c2cc(F)ccc2F)cn1Cc1ccccc1)N(CC1CCNC1)C(=O)CC(CCCC(=O)N[C@@H](CS)C(=O)O)CN1C(=O)C=CC1=O. The number of nitrogens with zero attached hydrogens (tertiary/aromatic N) is 3. The molecule has 0 aliphatic carbocycles. The normalized spacial score (nSPS) is 17.2. The zero-order chi connectivity index (χ0) is 40.6. The van der Waals surface area contributed by atoms with Crippen LogP contribution in [-0.4, -0.2) is 87.0 Å². The molecule has 3 N–H and O–H groups in total. The predicted molar refractivity (Wildman–Crippen MR) is 211 cm³/mol. The van der Waals surface area contributed by atoms with Crippen molar-refractivity contribution in [2.45, 2.75) is 71.5 Å². The number of benzene rings is 2. The summed E-state index contributed by atoms with van der Waals surface area (Å²) in [5.74, 6) is -4.51. The monoisotopic (exact) mass is 791 g/mol. The maximum absolute atomic E-state index is 15.3. The van der Waals surface area contributed by atoms with Gasteiger partial charge in [0, 0.05) is 73.4 Å². The molecule has 4 atom stereocenters. The van der Waals surface area contributed by atoms with Crippen LogP contribution in [0.1, 0.15) is 70.2 Å². The van der Waals surface area contributed by atoms with Gasteiger partial charge in [0.2, 0.25) is 11.8 Å². The maximum atomic E-state index is 15.3. The molecule has 0 radical (unpaired) electrons. The minimum atomic E-state index is -1.20. The van der Waals surface area contributed by atoms with Crippen LogP contribution in [0.4, 0.5) is 8.78 Å². The molecule has 0 saturated carbocycles. The second-order valence-electron chi connectivity index (χ2n) is 15.8. The van der Waals surface area contributed by atoms with Gasteiger partial charge >= 0.3 is 5.97 Å². The molecule has 14 heteroatoms. The smallest absolute Gasteiger partial charge is 0.327 e. The van der Waals surface area contributed by atoms with E-state index in [0.717, 1.165) is 41.3 Å². The lowest BCUT2D eigenvalue weighted by Gasteiger charge is -2.42. The predicted octanol–water partition coefficient (Wildman–Crippen LogP) is 5.61. The number of thiol groups is 1. The molecule has 5 rings (SSSR count). The van der Waals surface area contributed by atoms with E-state index in [1.165, 1.54) is 18.2 Å². The second kappa shape index (κ2) is 18.9. The number of carboxylic acids is 1. The lowest BCUT2D eigenvalue weighted by molar-refractivity contribution is -0.142. The topological polar surface area (TPSA) is 141 Å². The number of halogens is 2. The number of hydrogen-bond acceptors (Lipinski definition) is 7. The molecule has 11 nitrogen and oxygen atoms in total. The molecule has 3 aromatic rings. The standard InChI is InChI=1S/C42H51F2N5O6S/c1-42(2,3)40(35-19-30(32-20-31(43)12-13-33(32)44)25-47(35)22-27-8-5-4-6-9-27)49(24-29-16-17-45-21-29)39(53)18-28(23-48-37(51)14-15-38(48)52)10-7-11-36(50)46-34(26-56)41(54)55/h4-6,8-9,12-15,19-20,25,28-29,34,40,45,56H,7,10-11,16-18,21-24,26H2,1-3H3,(H,46,50)(H,54,55)/t28?,29?,34-,40-/m0/s1. The van der Waals surface area contributed by atoms with Gasteiger partial charge in [-0.2, -0.15) is 12.6 Å². The summed E-state index contributed by atoms with van der Waals surface area (Å²) in [7, 11) is 0. The summed E-state index contributed by atoms with van der Waals surface area (Å²) >= 11 is 4.01. The van der Waals surface area contributed by atoms with E-state index in [2.05, 4.69) is 23.3 Å². The first-order valence-corrected chi connectivity index (χ1v) is 19.6. The van der Waals surface area contributed by atoms with Crippen LogP contribution >= 0.6 is 12.6 Å². The largest absolute Gasteiger partial charge is 0.480 e. The lowest BCUT2D eigenvalue weighted by atomic mass is 9.82. The van der Waals surface area contributed by atoms with Gasteiger partial charge in [-0.3, -0.25) is 24.1 Å². The number of carbonyl (C=O) groups is 5. The molecular formula is C42H51F2N5O6S. The highest BCUT2D eigenvalue weighted by Crippen LogP contribution is 2.42. The van der Waals surface area contributed by atoms with Gasteiger partial charge in [0.25, 0.3) is 11.8 Å². The maximum Gasteiger partial charge on any atom is 0.327 e. The van der Waals surface area contributed by atoms with E-state index >= 15 is 4.39 Å². The highest BCUT2D eigenvalue weighted by molar-refractivity contribution is 7.80. The second-order valence-corrected chi connectivity index (χ2v) is 16.2. The third-order valence-electron chi connectivity index (χ3n) is 10.4. The summed E-state index contributed by atoms with van der Waals surface area (Å²) in [6.45, 7) is 8.36. The number of hydrogen-bond donors (Lipinski definition) is 4. The van der Waals surface area contributed by atoms with Gasteiger partial charge in [0.1, 0.15) is 17.7 Å². The van der Waals surface area contributed by atoms with E-state index in [0.29, 0.717) is 31.6 Å². The molecule has 1 saturated heterocycles. The summed E-state index contributed by atoms with van der Waals surface area (Å²) in [6.07, 6.45) is 5.50. The van der Waals surface area contributed by atoms with Crippen LogP contribution in [-0.2, 0) is 30.5 Å². The van der Waals surface area contributed by atoms with E-state index in [1.807, 2.05) is 66.6 Å². The minimum absolute atomic E-state index is 0.0309. The van der Waals surface area contributed by atoms with Gasteiger partial charge < -0.3 is 25.2 Å². The molecule has 2 aliphatic heterocycles. The number of rotatable bonds is 18. The van der Waals surface area contributed by atoms with Crippen LogP contribution in [0.2, 0.25) is 0 Å². The molecule has 4 amide bonds. The fourth-order valence-electron chi connectivity index (χ4n) is 7.61. The third kappa shape index (κ3) is 10.9. The fraction of sp³-hybridized carbons (Fsp3) is 0.452. The van der Waals surface area contributed by atoms with Gasteiger partial charge in [0.15, 0.2) is 0 Å². The summed E-state index contributed by atoms with van der Waals surface area (Å²) in [5, 5.41) is 15.2. The third-order valence-corrected chi connectivity index (χ3v) is 10.7. The Hall–Kier alpha value is -4.82. The molecule has 0 spiro atoms. The Labute approximate surface area is 331 Å². The van der Waals surface area contributed by atoms with Crippen molar-refractivity contribution in [1.29, 1.82) is 0 Å². The van der Waals surface area contributed by atoms with Gasteiger partial charge in [-0.25, -0.2) is 13.6 Å². The van der Waals surface area contributed by atoms with Crippen LogP contribution < -0.4 is 10.6 Å². The molecule has 3 heterocycles. The molecule has 300 valence electrons. The van der Waals surface area contributed by atoms with Crippen molar-refractivity contribution in [3.63, 3.8) is 0 Å². The number of imide groups is 1. The van der Waals surface area contributed by atoms with Gasteiger partial charge in [-0.15, -0.1) is 0 Å². The van der Waals surface area contributed by atoms with E-state index in [-0.39, 0.29) is 48.9 Å². The van der Waals surface area contributed by atoms with Crippen molar-refractivity contribution in [2.24, 2.45) is 17.3 Å². The summed E-state index contributed by atoms with van der Waals surface area (Å²) < 4.78 is 31.8. The number of aliphatic carboxylic acids is 1. The van der Waals surface area contributed by atoms with E-state index in [9.17, 15) is 33.5 Å². The molecule has 2 unspecified atom stereocenters. The van der Waals surface area contributed by atoms with Crippen LogP contribution in [0.25, 0.3) is 11.1 Å². The molecule has 1 aromatic heterocycles. The highest BCUT2D eigenvalue weighted by atomic mass is 32.1. The Morgan fingerprint density at radius 1 is 1.05 bits per heavy atom. The van der Waals surface area contributed by atoms with Crippen molar-refractivity contribution >= 4 is 42.2 Å². The average molecular weight is 792 g/mol. The Morgan fingerprint density at radius 2 is 1.77 bits per heavy atom. The number of carbonyl (C=O) groups excluding carboxylic acids is 4. The Balaban J connectivity index is 1.51. The zero-order valence-electron chi connectivity index (χ0n) is 32.0. The quantitative estimate of drug-likeness (QED) is 0.0971. The molecular weight excluding hydrogens is 741 g/mol. The van der Waals surface area contributed by atoms with Crippen molar-refractivity contribution < 1.29 is 37.9 Å². The van der Waals surface area contributed by atoms with Crippen LogP contribution in [0.5, 0.6) is 0 Å². The van der Waals surface area contributed by atoms with Crippen LogP contribution in [0.15, 0.2) is 72.9 Å². The Bertz CT molecular complexity index is 1910. The highest BCUT2D eigenvalue weighted by Gasteiger charge is 2.40. The first-order valence-electron chi connectivity index (χ1n) is 19.0. The lowest BCUT2D eigenvalue weighted by Crippen LogP contribution is -2.46. The van der Waals surface area contributed by atoms with Gasteiger partial charge in [0.05, 0.1) is 6.04 Å². The van der Waals surface area contributed by atoms with Crippen molar-refractivity contribution in [2.75, 3.05) is 31.9 Å². The molecule has 56 heavy (non-hydrogen) atoms. The van der Waals surface area contributed by atoms with Crippen molar-refractivity contribution in [3.05, 3.63) is 95.8 Å². The minimum Gasteiger partial charge on any atom is -0.480 e. The van der Waals surface area contributed by atoms with Crippen molar-refractivity contribution in [1.82, 2.24) is 25.0 Å². The summed E-state index contributed by atoms with van der Waals surface area (Å²) in [5.41, 5.74) is 1.71. The average Bonchev–Trinajstić information content (AvgIpc) is 3.89. The molecule has 2 aromatic carbocycles. The number of aromatic nitrogens is 1. The number of nitrogens with one attached hydrogen (secondary N) is 2. The van der Waals surface area contributed by atoms with Crippen LogP contribution in [0, 0.1) is 28.9 Å². The molecule has 0 bridgehead atoms. The van der Waals surface area contributed by atoms with Crippen LogP contribution in [0.3, 0.4) is 0 Å². The van der Waals surface area contributed by atoms with Gasteiger partial charge in [-0.05, 0) is 79.4 Å². The fourth-order valence-corrected chi connectivity index (χ4v) is 7.85. The molecule has 2 aliphatic rings. The first kappa shape index (κ1) is 42.3. The number of carboxylic acid groups (broad SMARTS) is 1. The summed E-state index contributed by atoms with van der Waals surface area (Å²) in [6, 6.07) is 13.2. The zero-order valence-corrected chi connectivity index (χ0v) is 32.9. The van der Waals surface area contributed by atoms with Gasteiger partial charge in [-0.1, -0.05) is 51.1 Å². The first-order chi connectivity index (χ1) is 26.6.